The number of fused-ring (bicyclic) bond motifs is 6. The Bertz CT molecular complexity index is 2940. The van der Waals surface area contributed by atoms with E-state index in [-0.39, 0.29) is 0 Å². The van der Waals surface area contributed by atoms with Crippen molar-refractivity contribution in [3.8, 4) is 39.7 Å². The van der Waals surface area contributed by atoms with Gasteiger partial charge in [-0.05, 0) is 70.1 Å². The van der Waals surface area contributed by atoms with Gasteiger partial charge in [0.15, 0.2) is 0 Å². The maximum atomic E-state index is 9.62. The molecule has 0 saturated carbocycles. The van der Waals surface area contributed by atoms with Gasteiger partial charge in [0.05, 0.1) is 52.5 Å². The lowest BCUT2D eigenvalue weighted by Crippen LogP contribution is -1.98. The molecule has 5 heteroatoms. The third kappa shape index (κ3) is 4.31. The molecule has 0 aliphatic rings. The molecule has 0 fully saturated rings. The number of para-hydroxylation sites is 4. The van der Waals surface area contributed by atoms with Crippen LogP contribution in [0.15, 0.2) is 152 Å². The van der Waals surface area contributed by atoms with Gasteiger partial charge in [-0.3, -0.25) is 0 Å². The second kappa shape index (κ2) is 11.4. The van der Waals surface area contributed by atoms with Gasteiger partial charge >= 0.3 is 0 Å². The fourth-order valence-corrected chi connectivity index (χ4v) is 7.38. The van der Waals surface area contributed by atoms with Crippen molar-refractivity contribution in [1.29, 1.82) is 5.26 Å². The molecule has 2 aromatic heterocycles. The van der Waals surface area contributed by atoms with Gasteiger partial charge in [0.25, 0.3) is 0 Å². The third-order valence-electron chi connectivity index (χ3n) is 9.61. The number of benzene rings is 7. The predicted molar refractivity (Wildman–Crippen MR) is 203 cm³/mol. The van der Waals surface area contributed by atoms with Crippen LogP contribution in [0.2, 0.25) is 0 Å². The molecule has 0 unspecified atom stereocenters. The van der Waals surface area contributed by atoms with Gasteiger partial charge in [-0.1, -0.05) is 109 Å². The topological polar surface area (TPSA) is 42.4 Å². The van der Waals surface area contributed by atoms with Crippen LogP contribution in [0.25, 0.3) is 86.9 Å². The third-order valence-corrected chi connectivity index (χ3v) is 9.61. The molecule has 5 nitrogen and oxygen atoms in total. The van der Waals surface area contributed by atoms with Crippen molar-refractivity contribution >= 4 is 55.0 Å². The van der Waals surface area contributed by atoms with E-state index in [1.54, 1.807) is 0 Å². The molecule has 9 aromatic rings. The van der Waals surface area contributed by atoms with Crippen LogP contribution in [-0.2, 0) is 0 Å². The summed E-state index contributed by atoms with van der Waals surface area (Å²) in [5.41, 5.74) is 11.7. The van der Waals surface area contributed by atoms with E-state index in [2.05, 4.69) is 110 Å². The highest BCUT2D eigenvalue weighted by Crippen LogP contribution is 2.42. The molecule has 50 heavy (non-hydrogen) atoms. The summed E-state index contributed by atoms with van der Waals surface area (Å²) in [6.45, 7) is 15.9. The molecule has 0 aliphatic heterocycles. The Labute approximate surface area is 288 Å². The maximum absolute atomic E-state index is 9.62. The quantitative estimate of drug-likeness (QED) is 0.177. The smallest absolute Gasteiger partial charge is 0.211 e. The highest BCUT2D eigenvalue weighted by atomic mass is 15.0. The van der Waals surface area contributed by atoms with E-state index in [9.17, 15) is 5.26 Å². The monoisotopic (exact) mass is 635 g/mol. The summed E-state index contributed by atoms with van der Waals surface area (Å²) in [6.07, 6.45) is 0. The van der Waals surface area contributed by atoms with E-state index in [1.807, 2.05) is 66.7 Å². The summed E-state index contributed by atoms with van der Waals surface area (Å²) in [6, 6.07) is 53.2. The van der Waals surface area contributed by atoms with Crippen LogP contribution in [0.3, 0.4) is 0 Å². The molecule has 2 heterocycles. The number of hydrogen-bond donors (Lipinski definition) is 0. The molecule has 0 atom stereocenters. The van der Waals surface area contributed by atoms with Gasteiger partial charge in [0.2, 0.25) is 11.4 Å². The Morgan fingerprint density at radius 3 is 1.74 bits per heavy atom. The molecule has 0 saturated heterocycles. The summed E-state index contributed by atoms with van der Waals surface area (Å²) >= 11 is 0. The van der Waals surface area contributed by atoms with Gasteiger partial charge in [-0.25, -0.2) is 9.69 Å². The second-order valence-corrected chi connectivity index (χ2v) is 12.2. The minimum Gasteiger partial charge on any atom is -0.319 e. The Morgan fingerprint density at radius 2 is 1.04 bits per heavy atom. The van der Waals surface area contributed by atoms with Crippen LogP contribution in [0, 0.1) is 24.5 Å². The molecule has 230 valence electrons. The van der Waals surface area contributed by atoms with E-state index >= 15 is 0 Å². The second-order valence-electron chi connectivity index (χ2n) is 12.2. The average Bonchev–Trinajstić information content (AvgIpc) is 3.70. The van der Waals surface area contributed by atoms with E-state index in [1.165, 1.54) is 0 Å². The number of rotatable bonds is 4. The fraction of sp³-hybridized carbons (Fsp3) is 0. The minimum absolute atomic E-state index is 0.556. The van der Waals surface area contributed by atoms with Crippen molar-refractivity contribution in [3.63, 3.8) is 0 Å². The number of nitriles is 1. The number of aromatic nitrogens is 2. The highest BCUT2D eigenvalue weighted by Gasteiger charge is 2.20. The van der Waals surface area contributed by atoms with Crippen LogP contribution < -0.4 is 0 Å². The summed E-state index contributed by atoms with van der Waals surface area (Å²) in [5, 5.41) is 13.8. The Kier molecular flexibility index (Phi) is 6.56. The lowest BCUT2D eigenvalue weighted by atomic mass is 9.98. The number of nitrogens with zero attached hydrogens (tertiary/aromatic N) is 5. The summed E-state index contributed by atoms with van der Waals surface area (Å²) < 4.78 is 4.35. The van der Waals surface area contributed by atoms with Gasteiger partial charge in [0.1, 0.15) is 0 Å². The Morgan fingerprint density at radius 1 is 0.480 bits per heavy atom. The lowest BCUT2D eigenvalue weighted by molar-refractivity contribution is 1.18. The molecule has 9 rings (SSSR count). The predicted octanol–water partition coefficient (Wildman–Crippen LogP) is 12.2. The zero-order chi connectivity index (χ0) is 33.8. The van der Waals surface area contributed by atoms with Crippen molar-refractivity contribution in [2.45, 2.75) is 0 Å². The van der Waals surface area contributed by atoms with Crippen molar-refractivity contribution in [2.75, 3.05) is 0 Å². The molecule has 0 bridgehead atoms. The minimum atomic E-state index is 0.556. The van der Waals surface area contributed by atoms with Crippen molar-refractivity contribution in [3.05, 3.63) is 180 Å². The first-order chi connectivity index (χ1) is 24.7. The first-order valence-corrected chi connectivity index (χ1v) is 16.2. The van der Waals surface area contributed by atoms with Crippen molar-refractivity contribution in [1.82, 2.24) is 9.13 Å². The highest BCUT2D eigenvalue weighted by molar-refractivity contribution is 6.13. The lowest BCUT2D eigenvalue weighted by Gasteiger charge is -2.16. The zero-order valence-corrected chi connectivity index (χ0v) is 26.7. The van der Waals surface area contributed by atoms with Crippen LogP contribution >= 0.6 is 0 Å². The summed E-state index contributed by atoms with van der Waals surface area (Å²) in [5.74, 6) is 0. The van der Waals surface area contributed by atoms with Gasteiger partial charge in [-0.2, -0.15) is 5.26 Å². The normalized spacial score (nSPS) is 11.1. The first-order valence-electron chi connectivity index (χ1n) is 16.2. The molecule has 0 N–H and O–H groups in total. The number of hydrogen-bond acceptors (Lipinski definition) is 1. The summed E-state index contributed by atoms with van der Waals surface area (Å²) in [4.78, 5) is 7.81. The van der Waals surface area contributed by atoms with Crippen LogP contribution in [0.5, 0.6) is 0 Å². The maximum Gasteiger partial charge on any atom is 0.211 e. The molecule has 0 aliphatic carbocycles. The molecule has 0 radical (unpaired) electrons. The van der Waals surface area contributed by atoms with E-state index in [0.717, 1.165) is 77.2 Å². The Hall–Kier alpha value is -7.39. The Balaban J connectivity index is 1.14. The molecule has 0 spiro atoms. The van der Waals surface area contributed by atoms with E-state index in [4.69, 9.17) is 13.1 Å². The van der Waals surface area contributed by atoms with Crippen LogP contribution in [-0.4, -0.2) is 9.13 Å². The van der Waals surface area contributed by atoms with Crippen molar-refractivity contribution in [2.24, 2.45) is 0 Å². The SMILES string of the molecule is [C-]#[N+]c1cccc(-c2ccc(-c3ccc(-n4c5ccccc5c5cccc([N+]#[C-])c54)cc3)cc2)c1-n1c2ccccc2c2cc(C#N)ccc21. The molecule has 7 aromatic carbocycles. The van der Waals surface area contributed by atoms with Gasteiger partial charge < -0.3 is 9.13 Å². The van der Waals surface area contributed by atoms with E-state index in [0.29, 0.717) is 16.9 Å². The zero-order valence-electron chi connectivity index (χ0n) is 26.7. The summed E-state index contributed by atoms with van der Waals surface area (Å²) in [7, 11) is 0. The fourth-order valence-electron chi connectivity index (χ4n) is 7.38. The van der Waals surface area contributed by atoms with E-state index < -0.39 is 0 Å². The van der Waals surface area contributed by atoms with Crippen LogP contribution in [0.4, 0.5) is 11.4 Å². The first kappa shape index (κ1) is 28.8. The molecular weight excluding hydrogens is 611 g/mol. The van der Waals surface area contributed by atoms with Gasteiger partial charge in [0, 0.05) is 21.8 Å². The van der Waals surface area contributed by atoms with Crippen molar-refractivity contribution < 1.29 is 0 Å². The van der Waals surface area contributed by atoms with Crippen LogP contribution in [0.1, 0.15) is 5.56 Å². The molecule has 0 amide bonds. The molecular formula is C45H25N5. The largest absolute Gasteiger partial charge is 0.319 e. The average molecular weight is 636 g/mol. The standard InChI is InChI=1S/C45H25N5/c1-47-39-13-7-11-34(44(39)50-42-16-6-4-10-36(42)38-27-29(28-46)17-26-43(38)50)32-20-18-30(19-21-32)31-22-24-33(25-23-31)49-41-15-5-3-9-35(41)37-12-8-14-40(48-2)45(37)49/h3-27H. The van der Waals surface area contributed by atoms with Gasteiger partial charge in [-0.15, -0.1) is 0 Å².